The minimum absolute atomic E-state index is 0.382. The molecule has 1 fully saturated rings. The van der Waals surface area contributed by atoms with Crippen LogP contribution in [0.25, 0.3) is 0 Å². The molecule has 0 radical (unpaired) electrons. The van der Waals surface area contributed by atoms with Crippen molar-refractivity contribution in [1.29, 1.82) is 0 Å². The Morgan fingerprint density at radius 1 is 1.09 bits per heavy atom. The summed E-state index contributed by atoms with van der Waals surface area (Å²) in [5, 5.41) is 0. The first kappa shape index (κ1) is 14.4. The fourth-order valence-corrected chi connectivity index (χ4v) is 3.96. The summed E-state index contributed by atoms with van der Waals surface area (Å²) >= 11 is 0. The number of nitrogens with zero attached hydrogens (tertiary/aromatic N) is 1. The third-order valence-corrected chi connectivity index (χ3v) is 5.09. The van der Waals surface area contributed by atoms with E-state index < -0.39 is 0 Å². The highest BCUT2D eigenvalue weighted by atomic mass is 16.5. The molecule has 4 nitrogen and oxygen atoms in total. The van der Waals surface area contributed by atoms with Gasteiger partial charge >= 0.3 is 0 Å². The lowest BCUT2D eigenvalue weighted by Crippen LogP contribution is -2.29. The van der Waals surface area contributed by atoms with Gasteiger partial charge in [0, 0.05) is 17.7 Å². The van der Waals surface area contributed by atoms with Crippen molar-refractivity contribution in [2.75, 3.05) is 14.2 Å². The molecule has 120 valence electrons. The zero-order chi connectivity index (χ0) is 15.8. The van der Waals surface area contributed by atoms with E-state index in [4.69, 9.17) is 14.5 Å². The van der Waals surface area contributed by atoms with E-state index in [-0.39, 0.29) is 0 Å². The molecule has 2 atom stereocenters. The van der Waals surface area contributed by atoms with Crippen LogP contribution in [-0.4, -0.2) is 31.0 Å². The van der Waals surface area contributed by atoms with Gasteiger partial charge in [0.1, 0.15) is 0 Å². The normalized spacial score (nSPS) is 22.8. The Morgan fingerprint density at radius 2 is 1.87 bits per heavy atom. The van der Waals surface area contributed by atoms with Crippen molar-refractivity contribution in [3.8, 4) is 11.5 Å². The lowest BCUT2D eigenvalue weighted by Gasteiger charge is -2.35. The lowest BCUT2D eigenvalue weighted by molar-refractivity contribution is 0.349. The van der Waals surface area contributed by atoms with E-state index in [1.54, 1.807) is 14.2 Å². The number of methoxy groups -OCH3 is 2. The molecule has 1 aliphatic carbocycles. The number of aromatic nitrogens is 1. The number of nitrogens with one attached hydrogen (secondary N) is 1. The number of H-pyrrole nitrogens is 1. The van der Waals surface area contributed by atoms with Crippen LogP contribution in [0.4, 0.5) is 0 Å². The Balaban J connectivity index is 1.91. The molecule has 2 heterocycles. The summed E-state index contributed by atoms with van der Waals surface area (Å²) in [5.74, 6) is 2.07. The number of aliphatic imine (C=N–C) groups is 1. The van der Waals surface area contributed by atoms with Gasteiger partial charge in [-0.05, 0) is 42.7 Å². The van der Waals surface area contributed by atoms with Gasteiger partial charge in [0.25, 0.3) is 0 Å². The maximum Gasteiger partial charge on any atom is 0.161 e. The van der Waals surface area contributed by atoms with Gasteiger partial charge in [-0.3, -0.25) is 4.99 Å². The van der Waals surface area contributed by atoms with Gasteiger partial charge in [-0.15, -0.1) is 0 Å². The molecule has 0 saturated heterocycles. The van der Waals surface area contributed by atoms with Crippen LogP contribution < -0.4 is 9.47 Å². The number of hydrogen-bond donors (Lipinski definition) is 1. The average Bonchev–Trinajstić information content (AvgIpc) is 3.14. The summed E-state index contributed by atoms with van der Waals surface area (Å²) in [5.41, 5.74) is 4.65. The first-order chi connectivity index (χ1) is 11.3. The maximum absolute atomic E-state index is 5.54. The van der Waals surface area contributed by atoms with Crippen molar-refractivity contribution in [1.82, 2.24) is 4.98 Å². The Bertz CT molecular complexity index is 734. The first-order valence-corrected chi connectivity index (χ1v) is 8.29. The van der Waals surface area contributed by atoms with E-state index >= 15 is 0 Å². The number of rotatable bonds is 3. The van der Waals surface area contributed by atoms with Gasteiger partial charge in [-0.25, -0.2) is 0 Å². The van der Waals surface area contributed by atoms with E-state index in [1.807, 2.05) is 12.3 Å². The summed E-state index contributed by atoms with van der Waals surface area (Å²) in [6, 6.07) is 8.73. The second-order valence-electron chi connectivity index (χ2n) is 6.31. The minimum Gasteiger partial charge on any atom is -0.493 e. The predicted molar refractivity (Wildman–Crippen MR) is 91.0 cm³/mol. The summed E-state index contributed by atoms with van der Waals surface area (Å²) in [7, 11) is 3.38. The molecule has 2 aromatic rings. The molecule has 23 heavy (non-hydrogen) atoms. The molecule has 1 aromatic heterocycles. The third kappa shape index (κ3) is 2.33. The van der Waals surface area contributed by atoms with Gasteiger partial charge < -0.3 is 14.5 Å². The quantitative estimate of drug-likeness (QED) is 0.934. The molecule has 0 amide bonds. The molecule has 0 spiro atoms. The van der Waals surface area contributed by atoms with Gasteiger partial charge in [0.15, 0.2) is 11.5 Å². The standard InChI is InChI=1S/C19H22N2O2/c1-22-17-10-13-12-6-3-4-7-15(12)21-19(16-8-5-9-20-16)14(13)11-18(17)23-2/h5,8-12,15,20H,3-4,6-7H2,1-2H3. The Morgan fingerprint density at radius 3 is 2.61 bits per heavy atom. The number of aromatic amines is 1. The summed E-state index contributed by atoms with van der Waals surface area (Å²) < 4.78 is 11.0. The topological polar surface area (TPSA) is 46.6 Å². The van der Waals surface area contributed by atoms with Crippen LogP contribution >= 0.6 is 0 Å². The summed E-state index contributed by atoms with van der Waals surface area (Å²) in [4.78, 5) is 8.41. The van der Waals surface area contributed by atoms with Gasteiger partial charge in [0.05, 0.1) is 31.7 Å². The van der Waals surface area contributed by atoms with Crippen molar-refractivity contribution >= 4 is 5.71 Å². The van der Waals surface area contributed by atoms with Crippen LogP contribution in [0.5, 0.6) is 11.5 Å². The molecule has 2 unspecified atom stereocenters. The molecule has 0 bridgehead atoms. The van der Waals surface area contributed by atoms with Gasteiger partial charge in [0.2, 0.25) is 0 Å². The van der Waals surface area contributed by atoms with Crippen molar-refractivity contribution in [3.05, 3.63) is 47.3 Å². The average molecular weight is 310 g/mol. The highest BCUT2D eigenvalue weighted by Gasteiger charge is 2.34. The van der Waals surface area contributed by atoms with Crippen molar-refractivity contribution in [2.24, 2.45) is 4.99 Å². The molecule has 1 N–H and O–H groups in total. The minimum atomic E-state index is 0.382. The number of fused-ring (bicyclic) bond motifs is 3. The van der Waals surface area contributed by atoms with Crippen LogP contribution in [0, 0.1) is 0 Å². The van der Waals surface area contributed by atoms with Crippen LogP contribution in [0.2, 0.25) is 0 Å². The fraction of sp³-hybridized carbons (Fsp3) is 0.421. The molecule has 4 rings (SSSR count). The molecule has 2 aliphatic rings. The number of ether oxygens (including phenoxy) is 2. The van der Waals surface area contributed by atoms with Gasteiger partial charge in [-0.1, -0.05) is 12.8 Å². The van der Waals surface area contributed by atoms with Crippen LogP contribution in [0.15, 0.2) is 35.5 Å². The molecule has 1 aromatic carbocycles. The second kappa shape index (κ2) is 5.76. The largest absolute Gasteiger partial charge is 0.493 e. The number of benzene rings is 1. The van der Waals surface area contributed by atoms with Crippen LogP contribution in [0.1, 0.15) is 48.4 Å². The number of hydrogen-bond acceptors (Lipinski definition) is 3. The van der Waals surface area contributed by atoms with Crippen LogP contribution in [0.3, 0.4) is 0 Å². The Labute approximate surface area is 136 Å². The maximum atomic E-state index is 5.54. The van der Waals surface area contributed by atoms with Crippen molar-refractivity contribution in [2.45, 2.75) is 37.6 Å². The summed E-state index contributed by atoms with van der Waals surface area (Å²) in [6.07, 6.45) is 6.87. The van der Waals surface area contributed by atoms with E-state index in [1.165, 1.54) is 36.8 Å². The van der Waals surface area contributed by atoms with Crippen molar-refractivity contribution < 1.29 is 9.47 Å². The zero-order valence-electron chi connectivity index (χ0n) is 13.6. The van der Waals surface area contributed by atoms with Crippen LogP contribution in [-0.2, 0) is 0 Å². The van der Waals surface area contributed by atoms with E-state index in [0.29, 0.717) is 12.0 Å². The zero-order valence-corrected chi connectivity index (χ0v) is 13.6. The highest BCUT2D eigenvalue weighted by molar-refractivity contribution is 6.14. The fourth-order valence-electron chi connectivity index (χ4n) is 3.96. The molecule has 4 heteroatoms. The van der Waals surface area contributed by atoms with E-state index in [2.05, 4.69) is 23.2 Å². The van der Waals surface area contributed by atoms with Crippen molar-refractivity contribution in [3.63, 3.8) is 0 Å². The Kier molecular flexibility index (Phi) is 3.60. The highest BCUT2D eigenvalue weighted by Crippen LogP contribution is 2.44. The molecular weight excluding hydrogens is 288 g/mol. The second-order valence-corrected chi connectivity index (χ2v) is 6.31. The lowest BCUT2D eigenvalue weighted by atomic mass is 9.75. The first-order valence-electron chi connectivity index (χ1n) is 8.29. The third-order valence-electron chi connectivity index (χ3n) is 5.09. The van der Waals surface area contributed by atoms with Gasteiger partial charge in [-0.2, -0.15) is 0 Å². The SMILES string of the molecule is COc1cc2c(cc1OC)C1CCCCC1N=C2c1ccc[nH]1. The van der Waals surface area contributed by atoms with E-state index in [9.17, 15) is 0 Å². The van der Waals surface area contributed by atoms with E-state index in [0.717, 1.165) is 22.9 Å². The molecule has 1 aliphatic heterocycles. The monoisotopic (exact) mass is 310 g/mol. The molecular formula is C19H22N2O2. The molecule has 1 saturated carbocycles. The smallest absolute Gasteiger partial charge is 0.161 e. The summed E-state index contributed by atoms with van der Waals surface area (Å²) in [6.45, 7) is 0. The Hall–Kier alpha value is -2.23. The predicted octanol–water partition coefficient (Wildman–Crippen LogP) is 3.91.